The zero-order chi connectivity index (χ0) is 16.5. The first-order chi connectivity index (χ1) is 10.9. The summed E-state index contributed by atoms with van der Waals surface area (Å²) in [4.78, 5) is 13.2. The van der Waals surface area contributed by atoms with Crippen LogP contribution in [0.3, 0.4) is 0 Å². The van der Waals surface area contributed by atoms with Crippen molar-refractivity contribution in [2.75, 3.05) is 27.2 Å². The summed E-state index contributed by atoms with van der Waals surface area (Å²) in [7, 11) is 4.42. The second kappa shape index (κ2) is 6.27. The number of hydrogen-bond donors (Lipinski definition) is 0. The van der Waals surface area contributed by atoms with Gasteiger partial charge in [0.25, 0.3) is 0 Å². The fraction of sp³-hybridized carbons (Fsp3) is 0.650. The molecule has 0 radical (unpaired) electrons. The van der Waals surface area contributed by atoms with Crippen LogP contribution in [0.5, 0.6) is 0 Å². The average Bonchev–Trinajstić information content (AvgIpc) is 3.17. The molecular formula is C20H30NO2+. The topological polar surface area (TPSA) is 26.3 Å². The van der Waals surface area contributed by atoms with Crippen molar-refractivity contribution in [3.8, 4) is 0 Å². The Kier molecular flexibility index (Phi) is 4.50. The molecule has 0 spiro atoms. The maximum Gasteiger partial charge on any atom is 0.317 e. The number of likely N-dealkylation sites (N-methyl/N-ethyl adjacent to an activating group) is 1. The van der Waals surface area contributed by atoms with Crippen molar-refractivity contribution in [1.29, 1.82) is 0 Å². The molecule has 0 aromatic heterocycles. The van der Waals surface area contributed by atoms with Crippen molar-refractivity contribution in [1.82, 2.24) is 0 Å². The predicted molar refractivity (Wildman–Crippen MR) is 92.1 cm³/mol. The van der Waals surface area contributed by atoms with E-state index in [1.807, 2.05) is 18.2 Å². The molecule has 126 valence electrons. The number of esters is 1. The number of likely N-dealkylation sites (tertiary alicyclic amines) is 1. The molecule has 1 aromatic rings. The lowest BCUT2D eigenvalue weighted by molar-refractivity contribution is -0.879. The van der Waals surface area contributed by atoms with Gasteiger partial charge in [-0.2, -0.15) is 0 Å². The van der Waals surface area contributed by atoms with Crippen LogP contribution in [-0.2, 0) is 14.9 Å². The molecule has 0 unspecified atom stereocenters. The molecule has 1 saturated heterocycles. The number of carbonyl (C=O) groups excluding carboxylic acids is 1. The van der Waals surface area contributed by atoms with E-state index >= 15 is 0 Å². The average molecular weight is 316 g/mol. The molecule has 0 amide bonds. The van der Waals surface area contributed by atoms with E-state index in [9.17, 15) is 4.79 Å². The number of rotatable bonds is 4. The molecule has 0 bridgehead atoms. The van der Waals surface area contributed by atoms with Gasteiger partial charge in [0, 0.05) is 6.42 Å². The third-order valence-corrected chi connectivity index (χ3v) is 6.00. The van der Waals surface area contributed by atoms with Crippen LogP contribution in [0.15, 0.2) is 30.3 Å². The first-order valence-corrected chi connectivity index (χ1v) is 9.00. The standard InChI is InChI=1S/C20H30NO2/c1-20(17-11-7-8-12-17,16-9-5-4-6-10-16)19(22)23-18-13-14-21(2,3)15-18/h4-6,9-10,17-18H,7-8,11-15H2,1-3H3/q+1/t18-,20-/m0/s1. The first kappa shape index (κ1) is 16.5. The highest BCUT2D eigenvalue weighted by Gasteiger charge is 2.47. The number of benzene rings is 1. The highest BCUT2D eigenvalue weighted by atomic mass is 16.5. The molecule has 2 fully saturated rings. The van der Waals surface area contributed by atoms with Crippen LogP contribution in [0.4, 0.5) is 0 Å². The molecule has 1 heterocycles. The van der Waals surface area contributed by atoms with Gasteiger partial charge < -0.3 is 9.22 Å². The summed E-state index contributed by atoms with van der Waals surface area (Å²) in [5.41, 5.74) is 0.612. The number of quaternary nitrogens is 1. The van der Waals surface area contributed by atoms with Crippen molar-refractivity contribution in [2.24, 2.45) is 5.92 Å². The number of carbonyl (C=O) groups is 1. The molecule has 3 heteroatoms. The van der Waals surface area contributed by atoms with Crippen LogP contribution in [0.1, 0.15) is 44.6 Å². The van der Waals surface area contributed by atoms with E-state index in [4.69, 9.17) is 4.74 Å². The lowest BCUT2D eigenvalue weighted by Crippen LogP contribution is -2.44. The second-order valence-electron chi connectivity index (χ2n) is 8.21. The fourth-order valence-electron chi connectivity index (χ4n) is 4.41. The van der Waals surface area contributed by atoms with E-state index < -0.39 is 5.41 Å². The summed E-state index contributed by atoms with van der Waals surface area (Å²) in [5, 5.41) is 0. The lowest BCUT2D eigenvalue weighted by Gasteiger charge is -2.34. The minimum atomic E-state index is -0.502. The first-order valence-electron chi connectivity index (χ1n) is 9.00. The summed E-state index contributed by atoms with van der Waals surface area (Å²) >= 11 is 0. The van der Waals surface area contributed by atoms with E-state index in [1.165, 1.54) is 12.8 Å². The van der Waals surface area contributed by atoms with Crippen LogP contribution in [0.25, 0.3) is 0 Å². The van der Waals surface area contributed by atoms with Gasteiger partial charge in [-0.3, -0.25) is 4.79 Å². The van der Waals surface area contributed by atoms with E-state index in [2.05, 4.69) is 33.2 Å². The normalized spacial score (nSPS) is 26.8. The summed E-state index contributed by atoms with van der Waals surface area (Å²) in [6, 6.07) is 10.3. The molecular weight excluding hydrogens is 286 g/mol. The van der Waals surface area contributed by atoms with Crippen LogP contribution in [-0.4, -0.2) is 43.7 Å². The minimum absolute atomic E-state index is 0.0116. The Labute approximate surface area is 140 Å². The Morgan fingerprint density at radius 1 is 1.13 bits per heavy atom. The maximum absolute atomic E-state index is 13.2. The van der Waals surface area contributed by atoms with Crippen molar-refractivity contribution < 1.29 is 14.0 Å². The summed E-state index contributed by atoms with van der Waals surface area (Å²) in [6.45, 7) is 4.13. The number of hydrogen-bond acceptors (Lipinski definition) is 2. The van der Waals surface area contributed by atoms with Crippen LogP contribution in [0, 0.1) is 5.92 Å². The summed E-state index contributed by atoms with van der Waals surface area (Å²) in [6.07, 6.45) is 5.77. The second-order valence-corrected chi connectivity index (χ2v) is 8.21. The Bertz CT molecular complexity index is 548. The third kappa shape index (κ3) is 3.30. The molecule has 0 N–H and O–H groups in total. The van der Waals surface area contributed by atoms with Crippen LogP contribution < -0.4 is 0 Å². The SMILES string of the molecule is C[C@](C(=O)O[C@H]1CC[N+](C)(C)C1)(c1ccccc1)C1CCCC1. The number of nitrogens with zero attached hydrogens (tertiary/aromatic N) is 1. The van der Waals surface area contributed by atoms with Crippen molar-refractivity contribution in [2.45, 2.75) is 50.5 Å². The van der Waals surface area contributed by atoms with Gasteiger partial charge in [0.05, 0.1) is 26.1 Å². The molecule has 3 nitrogen and oxygen atoms in total. The van der Waals surface area contributed by atoms with Crippen LogP contribution in [0.2, 0.25) is 0 Å². The van der Waals surface area contributed by atoms with Gasteiger partial charge in [0.1, 0.15) is 6.54 Å². The smallest absolute Gasteiger partial charge is 0.317 e. The predicted octanol–water partition coefficient (Wildman–Crippen LogP) is 3.53. The Hall–Kier alpha value is -1.35. The van der Waals surface area contributed by atoms with Gasteiger partial charge in [-0.15, -0.1) is 0 Å². The maximum atomic E-state index is 13.2. The van der Waals surface area contributed by atoms with Crippen molar-refractivity contribution in [3.63, 3.8) is 0 Å². The quantitative estimate of drug-likeness (QED) is 0.627. The zero-order valence-corrected chi connectivity index (χ0v) is 14.8. The largest absolute Gasteiger partial charge is 0.455 e. The van der Waals surface area contributed by atoms with Gasteiger partial charge in [-0.1, -0.05) is 43.2 Å². The van der Waals surface area contributed by atoms with E-state index in [0.717, 1.165) is 42.4 Å². The van der Waals surface area contributed by atoms with E-state index in [0.29, 0.717) is 5.92 Å². The number of ether oxygens (including phenoxy) is 1. The fourth-order valence-corrected chi connectivity index (χ4v) is 4.41. The molecule has 1 saturated carbocycles. The van der Waals surface area contributed by atoms with E-state index in [1.54, 1.807) is 0 Å². The highest BCUT2D eigenvalue weighted by molar-refractivity contribution is 5.83. The Morgan fingerprint density at radius 2 is 1.78 bits per heavy atom. The molecule has 3 rings (SSSR count). The Balaban J connectivity index is 1.82. The molecule has 2 atom stereocenters. The van der Waals surface area contributed by atoms with Gasteiger partial charge in [0.2, 0.25) is 0 Å². The van der Waals surface area contributed by atoms with Gasteiger partial charge in [0.15, 0.2) is 6.10 Å². The van der Waals surface area contributed by atoms with Crippen LogP contribution >= 0.6 is 0 Å². The molecule has 23 heavy (non-hydrogen) atoms. The van der Waals surface area contributed by atoms with E-state index in [-0.39, 0.29) is 12.1 Å². The molecule has 1 aliphatic heterocycles. The van der Waals surface area contributed by atoms with Gasteiger partial charge in [-0.25, -0.2) is 0 Å². The van der Waals surface area contributed by atoms with Gasteiger partial charge in [-0.05, 0) is 31.2 Å². The molecule has 1 aliphatic carbocycles. The molecule has 2 aliphatic rings. The van der Waals surface area contributed by atoms with Crippen molar-refractivity contribution >= 4 is 5.97 Å². The summed E-state index contributed by atoms with van der Waals surface area (Å²) in [5.74, 6) is 0.392. The Morgan fingerprint density at radius 3 is 2.35 bits per heavy atom. The monoisotopic (exact) mass is 316 g/mol. The lowest BCUT2D eigenvalue weighted by atomic mass is 9.71. The van der Waals surface area contributed by atoms with Crippen molar-refractivity contribution in [3.05, 3.63) is 35.9 Å². The highest BCUT2D eigenvalue weighted by Crippen LogP contribution is 2.43. The summed E-state index contributed by atoms with van der Waals surface area (Å²) < 4.78 is 6.97. The zero-order valence-electron chi connectivity index (χ0n) is 14.8. The molecule has 1 aromatic carbocycles. The minimum Gasteiger partial charge on any atom is -0.455 e. The third-order valence-electron chi connectivity index (χ3n) is 6.00. The van der Waals surface area contributed by atoms with Gasteiger partial charge >= 0.3 is 5.97 Å².